The van der Waals surface area contributed by atoms with E-state index in [9.17, 15) is 4.39 Å². The smallest absolute Gasteiger partial charge is 0.235 e. The van der Waals surface area contributed by atoms with Crippen molar-refractivity contribution >= 4 is 12.4 Å². The predicted molar refractivity (Wildman–Crippen MR) is 100 cm³/mol. The van der Waals surface area contributed by atoms with E-state index in [4.69, 9.17) is 0 Å². The van der Waals surface area contributed by atoms with E-state index >= 15 is 0 Å². The second-order valence-corrected chi connectivity index (χ2v) is 6.43. The van der Waals surface area contributed by atoms with E-state index in [1.807, 2.05) is 18.3 Å². The van der Waals surface area contributed by atoms with Crippen LogP contribution in [0.5, 0.6) is 0 Å². The Labute approximate surface area is 158 Å². The number of nitrogens with one attached hydrogen (secondary N) is 1. The highest BCUT2D eigenvalue weighted by molar-refractivity contribution is 5.85. The highest BCUT2D eigenvalue weighted by Gasteiger charge is 2.37. The van der Waals surface area contributed by atoms with Crippen LogP contribution in [0, 0.1) is 11.7 Å². The van der Waals surface area contributed by atoms with Crippen molar-refractivity contribution < 1.29 is 4.39 Å². The minimum Gasteiger partial charge on any atom is -0.316 e. The molecule has 1 aliphatic rings. The summed E-state index contributed by atoms with van der Waals surface area (Å²) in [6, 6.07) is 8.91. The van der Waals surface area contributed by atoms with E-state index in [-0.39, 0.29) is 18.2 Å². The number of rotatable bonds is 7. The van der Waals surface area contributed by atoms with E-state index in [0.717, 1.165) is 37.2 Å². The fourth-order valence-electron chi connectivity index (χ4n) is 3.15. The fraction of sp³-hybridized carbons (Fsp3) is 0.316. The van der Waals surface area contributed by atoms with Gasteiger partial charge in [0.1, 0.15) is 12.1 Å². The molecular weight excluding hydrogens is 353 g/mol. The lowest BCUT2D eigenvalue weighted by Gasteiger charge is -2.06. The van der Waals surface area contributed by atoms with E-state index in [2.05, 4.69) is 20.3 Å². The maximum atomic E-state index is 13.3. The quantitative estimate of drug-likeness (QED) is 0.646. The van der Waals surface area contributed by atoms with Gasteiger partial charge >= 0.3 is 0 Å². The van der Waals surface area contributed by atoms with Gasteiger partial charge in [-0.3, -0.25) is 4.57 Å². The van der Waals surface area contributed by atoms with Crippen molar-refractivity contribution in [3.8, 4) is 5.95 Å². The second-order valence-electron chi connectivity index (χ2n) is 6.43. The third-order valence-electron chi connectivity index (χ3n) is 4.60. The molecule has 2 heterocycles. The lowest BCUT2D eigenvalue weighted by atomic mass is 10.1. The van der Waals surface area contributed by atoms with Crippen LogP contribution in [0.4, 0.5) is 4.39 Å². The van der Waals surface area contributed by atoms with Gasteiger partial charge in [-0.05, 0) is 48.6 Å². The topological polar surface area (TPSA) is 55.6 Å². The minimum atomic E-state index is -0.145. The van der Waals surface area contributed by atoms with Gasteiger partial charge in [-0.15, -0.1) is 12.4 Å². The molecule has 1 saturated carbocycles. The van der Waals surface area contributed by atoms with Crippen LogP contribution in [0.2, 0.25) is 0 Å². The van der Waals surface area contributed by atoms with Crippen molar-refractivity contribution in [3.63, 3.8) is 0 Å². The Balaban J connectivity index is 0.00000196. The molecule has 2 atom stereocenters. The van der Waals surface area contributed by atoms with Crippen LogP contribution in [0.1, 0.15) is 23.6 Å². The van der Waals surface area contributed by atoms with Crippen LogP contribution < -0.4 is 5.32 Å². The van der Waals surface area contributed by atoms with Crippen molar-refractivity contribution in [3.05, 3.63) is 72.3 Å². The molecular formula is C19H21ClFN5. The van der Waals surface area contributed by atoms with E-state index in [0.29, 0.717) is 17.8 Å². The summed E-state index contributed by atoms with van der Waals surface area (Å²) in [4.78, 5) is 12.8. The standard InChI is InChI=1S/C19H20FN5.ClH/c20-16-3-1-2-14(10-16)18-11-15(18)12-21-6-4-17-5-7-23-19(24-17)25-9-8-22-13-25;/h1-3,5,7-10,13,15,18,21H,4,6,11-12H2;1H. The second kappa shape index (κ2) is 8.38. The first-order valence-corrected chi connectivity index (χ1v) is 8.56. The number of nitrogens with zero attached hydrogens (tertiary/aromatic N) is 4. The predicted octanol–water partition coefficient (Wildman–Crippen LogP) is 3.16. The van der Waals surface area contributed by atoms with Gasteiger partial charge in [0.15, 0.2) is 0 Å². The summed E-state index contributed by atoms with van der Waals surface area (Å²) in [5, 5.41) is 3.49. The van der Waals surface area contributed by atoms with Crippen LogP contribution in [0.15, 0.2) is 55.2 Å². The molecule has 0 spiro atoms. The Morgan fingerprint density at radius 1 is 1.23 bits per heavy atom. The van der Waals surface area contributed by atoms with E-state index in [1.54, 1.807) is 35.4 Å². The van der Waals surface area contributed by atoms with Gasteiger partial charge in [0.05, 0.1) is 0 Å². The lowest BCUT2D eigenvalue weighted by molar-refractivity contribution is 0.614. The molecule has 136 valence electrons. The van der Waals surface area contributed by atoms with Gasteiger partial charge in [0, 0.05) is 37.3 Å². The first-order valence-electron chi connectivity index (χ1n) is 8.56. The molecule has 4 rings (SSSR count). The molecule has 1 fully saturated rings. The molecule has 7 heteroatoms. The van der Waals surface area contributed by atoms with Gasteiger partial charge in [0.25, 0.3) is 0 Å². The zero-order valence-corrected chi connectivity index (χ0v) is 15.1. The number of hydrogen-bond acceptors (Lipinski definition) is 4. The molecule has 0 amide bonds. The average molecular weight is 374 g/mol. The minimum absolute atomic E-state index is 0. The van der Waals surface area contributed by atoms with Gasteiger partial charge in [-0.25, -0.2) is 19.3 Å². The highest BCUT2D eigenvalue weighted by atomic mass is 35.5. The van der Waals surface area contributed by atoms with Crippen molar-refractivity contribution in [1.82, 2.24) is 24.8 Å². The number of aromatic nitrogens is 4. The number of imidazole rings is 1. The number of benzene rings is 1. The highest BCUT2D eigenvalue weighted by Crippen LogP contribution is 2.46. The zero-order chi connectivity index (χ0) is 17.1. The summed E-state index contributed by atoms with van der Waals surface area (Å²) in [6.07, 6.45) is 8.99. The molecule has 0 bridgehead atoms. The lowest BCUT2D eigenvalue weighted by Crippen LogP contribution is -2.21. The molecule has 0 saturated heterocycles. The Hall–Kier alpha value is -2.31. The summed E-state index contributed by atoms with van der Waals surface area (Å²) < 4.78 is 15.1. The summed E-state index contributed by atoms with van der Waals surface area (Å²) in [6.45, 7) is 1.83. The molecule has 2 unspecified atom stereocenters. The summed E-state index contributed by atoms with van der Waals surface area (Å²) in [5.41, 5.74) is 2.12. The van der Waals surface area contributed by atoms with Gasteiger partial charge < -0.3 is 5.32 Å². The number of halogens is 2. The van der Waals surface area contributed by atoms with Crippen LogP contribution in [-0.2, 0) is 6.42 Å². The Morgan fingerprint density at radius 3 is 2.96 bits per heavy atom. The third-order valence-corrected chi connectivity index (χ3v) is 4.60. The van der Waals surface area contributed by atoms with Crippen molar-refractivity contribution in [1.29, 1.82) is 0 Å². The largest absolute Gasteiger partial charge is 0.316 e. The fourth-order valence-corrected chi connectivity index (χ4v) is 3.15. The SMILES string of the molecule is Cl.Fc1cccc(C2CC2CNCCc2ccnc(-n3ccnc3)n2)c1. The van der Waals surface area contributed by atoms with Crippen LogP contribution in [0.25, 0.3) is 5.95 Å². The van der Waals surface area contributed by atoms with Crippen LogP contribution >= 0.6 is 12.4 Å². The first-order chi connectivity index (χ1) is 12.3. The number of hydrogen-bond donors (Lipinski definition) is 1. The summed E-state index contributed by atoms with van der Waals surface area (Å²) in [7, 11) is 0. The maximum absolute atomic E-state index is 13.3. The first kappa shape index (κ1) is 18.5. The third kappa shape index (κ3) is 4.45. The van der Waals surface area contributed by atoms with E-state index in [1.165, 1.54) is 6.07 Å². The van der Waals surface area contributed by atoms with Crippen LogP contribution in [-0.4, -0.2) is 32.6 Å². The average Bonchev–Trinajstić information content (AvgIpc) is 3.19. The molecule has 0 aliphatic heterocycles. The van der Waals surface area contributed by atoms with Crippen molar-refractivity contribution in [2.24, 2.45) is 5.92 Å². The normalized spacial score (nSPS) is 18.3. The zero-order valence-electron chi connectivity index (χ0n) is 14.3. The summed E-state index contributed by atoms with van der Waals surface area (Å²) >= 11 is 0. The van der Waals surface area contributed by atoms with Crippen molar-refractivity contribution in [2.45, 2.75) is 18.8 Å². The maximum Gasteiger partial charge on any atom is 0.235 e. The van der Waals surface area contributed by atoms with Crippen LogP contribution in [0.3, 0.4) is 0 Å². The van der Waals surface area contributed by atoms with Gasteiger partial charge in [-0.1, -0.05) is 12.1 Å². The Morgan fingerprint density at radius 2 is 2.15 bits per heavy atom. The Kier molecular flexibility index (Phi) is 5.96. The summed E-state index contributed by atoms with van der Waals surface area (Å²) in [5.74, 6) is 1.60. The molecule has 5 nitrogen and oxygen atoms in total. The molecule has 26 heavy (non-hydrogen) atoms. The van der Waals surface area contributed by atoms with E-state index < -0.39 is 0 Å². The van der Waals surface area contributed by atoms with Gasteiger partial charge in [0.2, 0.25) is 5.95 Å². The molecule has 2 aromatic heterocycles. The molecule has 1 aromatic carbocycles. The van der Waals surface area contributed by atoms with Crippen molar-refractivity contribution in [2.75, 3.05) is 13.1 Å². The Bertz CT molecular complexity index is 839. The molecule has 3 aromatic rings. The molecule has 1 aliphatic carbocycles. The van der Waals surface area contributed by atoms with Gasteiger partial charge in [-0.2, -0.15) is 0 Å². The monoisotopic (exact) mass is 373 g/mol. The molecule has 1 N–H and O–H groups in total. The molecule has 0 radical (unpaired) electrons.